The van der Waals surface area contributed by atoms with Crippen LogP contribution in [0.25, 0.3) is 0 Å². The summed E-state index contributed by atoms with van der Waals surface area (Å²) in [6.07, 6.45) is -3.84. The lowest BCUT2D eigenvalue weighted by Gasteiger charge is -2.17. The van der Waals surface area contributed by atoms with Gasteiger partial charge in [-0.3, -0.25) is 4.79 Å². The Balaban J connectivity index is 1.85. The summed E-state index contributed by atoms with van der Waals surface area (Å²) in [7, 11) is 0. The Bertz CT molecular complexity index is 557. The van der Waals surface area contributed by atoms with E-state index in [4.69, 9.17) is 5.73 Å². The van der Waals surface area contributed by atoms with Crippen molar-refractivity contribution < 1.29 is 22.8 Å². The molecule has 5 nitrogen and oxygen atoms in total. The number of nitrogens with one attached hydrogen (secondary N) is 1. The Morgan fingerprint density at radius 2 is 1.91 bits per heavy atom. The number of hydrogen-bond acceptors (Lipinski definition) is 2. The number of alkyl halides is 3. The molecule has 0 aliphatic carbocycles. The van der Waals surface area contributed by atoms with E-state index in [0.717, 1.165) is 12.1 Å². The molecule has 0 spiro atoms. The maximum Gasteiger partial charge on any atom is 0.416 e. The highest BCUT2D eigenvalue weighted by molar-refractivity contribution is 5.80. The van der Waals surface area contributed by atoms with E-state index in [1.807, 2.05) is 0 Å². The number of halogens is 3. The Morgan fingerprint density at radius 3 is 2.41 bits per heavy atom. The van der Waals surface area contributed by atoms with Crippen LogP contribution >= 0.6 is 0 Å². The number of urea groups is 1. The average molecular weight is 315 g/mol. The number of carbonyl (C=O) groups excluding carboxylic acids is 2. The summed E-state index contributed by atoms with van der Waals surface area (Å²) in [4.78, 5) is 24.4. The van der Waals surface area contributed by atoms with E-state index in [2.05, 4.69) is 5.32 Å². The molecule has 0 aromatic heterocycles. The molecule has 0 saturated carbocycles. The number of carbonyl (C=O) groups is 2. The van der Waals surface area contributed by atoms with E-state index in [1.165, 1.54) is 17.0 Å². The van der Waals surface area contributed by atoms with Crippen LogP contribution in [0.2, 0.25) is 0 Å². The minimum absolute atomic E-state index is 0.120. The number of nitrogens with zero attached hydrogens (tertiary/aromatic N) is 1. The van der Waals surface area contributed by atoms with Crippen molar-refractivity contribution in [3.8, 4) is 0 Å². The molecule has 1 heterocycles. The standard InChI is InChI=1S/C14H16F3N3O2/c15-14(16,17)11-3-1-9(2-4-11)7-19-13(22)20-6-5-10(8-20)12(18)21/h1-4,10H,5-8H2,(H2,18,21)(H,19,22). The number of nitrogens with two attached hydrogens (primary N) is 1. The highest BCUT2D eigenvalue weighted by atomic mass is 19.4. The van der Waals surface area contributed by atoms with Crippen LogP contribution < -0.4 is 11.1 Å². The van der Waals surface area contributed by atoms with Crippen LogP contribution in [0.4, 0.5) is 18.0 Å². The second-order valence-electron chi connectivity index (χ2n) is 5.19. The van der Waals surface area contributed by atoms with Crippen LogP contribution in [-0.4, -0.2) is 29.9 Å². The number of benzene rings is 1. The number of amides is 3. The summed E-state index contributed by atoms with van der Waals surface area (Å²) in [5.41, 5.74) is 5.02. The van der Waals surface area contributed by atoms with E-state index < -0.39 is 17.6 Å². The molecule has 1 aromatic rings. The molecule has 0 radical (unpaired) electrons. The van der Waals surface area contributed by atoms with E-state index >= 15 is 0 Å². The van der Waals surface area contributed by atoms with E-state index in [-0.39, 0.29) is 25.0 Å². The van der Waals surface area contributed by atoms with Gasteiger partial charge in [-0.1, -0.05) is 12.1 Å². The summed E-state index contributed by atoms with van der Waals surface area (Å²) in [6, 6.07) is 4.23. The zero-order chi connectivity index (χ0) is 16.3. The third kappa shape index (κ3) is 3.90. The topological polar surface area (TPSA) is 75.4 Å². The molecule has 1 saturated heterocycles. The van der Waals surface area contributed by atoms with Crippen molar-refractivity contribution in [2.75, 3.05) is 13.1 Å². The molecular formula is C14H16F3N3O2. The monoisotopic (exact) mass is 315 g/mol. The van der Waals surface area contributed by atoms with Crippen molar-refractivity contribution >= 4 is 11.9 Å². The Kier molecular flexibility index (Phi) is 4.58. The van der Waals surface area contributed by atoms with Crippen LogP contribution in [0.3, 0.4) is 0 Å². The lowest BCUT2D eigenvalue weighted by Crippen LogP contribution is -2.39. The van der Waals surface area contributed by atoms with Gasteiger partial charge >= 0.3 is 12.2 Å². The van der Waals surface area contributed by atoms with Gasteiger partial charge in [-0.05, 0) is 24.1 Å². The predicted octanol–water partition coefficient (Wildman–Crippen LogP) is 1.72. The highest BCUT2D eigenvalue weighted by Gasteiger charge is 2.30. The van der Waals surface area contributed by atoms with Gasteiger partial charge in [0, 0.05) is 19.6 Å². The van der Waals surface area contributed by atoms with E-state index in [9.17, 15) is 22.8 Å². The number of likely N-dealkylation sites (tertiary alicyclic amines) is 1. The lowest BCUT2D eigenvalue weighted by atomic mass is 10.1. The maximum atomic E-state index is 12.4. The molecule has 22 heavy (non-hydrogen) atoms. The molecule has 8 heteroatoms. The summed E-state index contributed by atoms with van der Waals surface area (Å²) in [5.74, 6) is -0.769. The van der Waals surface area contributed by atoms with E-state index in [1.54, 1.807) is 0 Å². The zero-order valence-electron chi connectivity index (χ0n) is 11.7. The molecule has 1 aliphatic heterocycles. The maximum absolute atomic E-state index is 12.4. The minimum atomic E-state index is -4.37. The Morgan fingerprint density at radius 1 is 1.27 bits per heavy atom. The fourth-order valence-electron chi connectivity index (χ4n) is 2.28. The van der Waals surface area contributed by atoms with Crippen molar-refractivity contribution in [2.45, 2.75) is 19.1 Å². The highest BCUT2D eigenvalue weighted by Crippen LogP contribution is 2.29. The van der Waals surface area contributed by atoms with Gasteiger partial charge in [0.2, 0.25) is 5.91 Å². The quantitative estimate of drug-likeness (QED) is 0.891. The minimum Gasteiger partial charge on any atom is -0.369 e. The first-order chi connectivity index (χ1) is 10.3. The average Bonchev–Trinajstić information content (AvgIpc) is 2.94. The van der Waals surface area contributed by atoms with Crippen LogP contribution in [-0.2, 0) is 17.5 Å². The second-order valence-corrected chi connectivity index (χ2v) is 5.19. The second kappa shape index (κ2) is 6.25. The Hall–Kier alpha value is -2.25. The molecule has 1 unspecified atom stereocenters. The van der Waals surface area contributed by atoms with Gasteiger partial charge < -0.3 is 16.0 Å². The third-order valence-electron chi connectivity index (χ3n) is 3.60. The summed E-state index contributed by atoms with van der Waals surface area (Å²) < 4.78 is 37.3. The molecule has 120 valence electrons. The van der Waals surface area contributed by atoms with Crippen molar-refractivity contribution in [3.05, 3.63) is 35.4 Å². The predicted molar refractivity (Wildman–Crippen MR) is 72.6 cm³/mol. The normalized spacial score (nSPS) is 18.3. The van der Waals surface area contributed by atoms with Crippen LogP contribution in [0.5, 0.6) is 0 Å². The van der Waals surface area contributed by atoms with Gasteiger partial charge in [0.25, 0.3) is 0 Å². The van der Waals surface area contributed by atoms with Crippen LogP contribution in [0, 0.1) is 5.92 Å². The largest absolute Gasteiger partial charge is 0.416 e. The summed E-state index contributed by atoms with van der Waals surface area (Å²) in [5, 5.41) is 2.61. The van der Waals surface area contributed by atoms with Gasteiger partial charge in [0.05, 0.1) is 11.5 Å². The van der Waals surface area contributed by atoms with Gasteiger partial charge in [-0.25, -0.2) is 4.79 Å². The summed E-state index contributed by atoms with van der Waals surface area (Å²) in [6.45, 7) is 0.829. The number of rotatable bonds is 3. The molecule has 1 fully saturated rings. The number of primary amides is 1. The fourth-order valence-corrected chi connectivity index (χ4v) is 2.28. The van der Waals surface area contributed by atoms with Crippen molar-refractivity contribution in [3.63, 3.8) is 0 Å². The van der Waals surface area contributed by atoms with Crippen molar-refractivity contribution in [1.29, 1.82) is 0 Å². The van der Waals surface area contributed by atoms with Crippen molar-refractivity contribution in [1.82, 2.24) is 10.2 Å². The van der Waals surface area contributed by atoms with Crippen LogP contribution in [0.15, 0.2) is 24.3 Å². The van der Waals surface area contributed by atoms with Gasteiger partial charge in [-0.2, -0.15) is 13.2 Å². The molecule has 1 atom stereocenters. The first-order valence-corrected chi connectivity index (χ1v) is 6.75. The zero-order valence-corrected chi connectivity index (χ0v) is 11.7. The summed E-state index contributed by atoms with van der Waals surface area (Å²) >= 11 is 0. The molecule has 3 amide bonds. The first-order valence-electron chi connectivity index (χ1n) is 6.75. The molecule has 1 aliphatic rings. The van der Waals surface area contributed by atoms with E-state index in [0.29, 0.717) is 18.5 Å². The van der Waals surface area contributed by atoms with Crippen molar-refractivity contribution in [2.24, 2.45) is 11.7 Å². The fraction of sp³-hybridized carbons (Fsp3) is 0.429. The molecule has 2 rings (SSSR count). The molecule has 3 N–H and O–H groups in total. The van der Waals surface area contributed by atoms with Gasteiger partial charge in [0.1, 0.15) is 0 Å². The van der Waals surface area contributed by atoms with Crippen LogP contribution in [0.1, 0.15) is 17.5 Å². The van der Waals surface area contributed by atoms with Gasteiger partial charge in [0.15, 0.2) is 0 Å². The Labute approximate surface area is 125 Å². The first kappa shape index (κ1) is 16.1. The molecular weight excluding hydrogens is 299 g/mol. The number of hydrogen-bond donors (Lipinski definition) is 2. The molecule has 0 bridgehead atoms. The SMILES string of the molecule is NC(=O)C1CCN(C(=O)NCc2ccc(C(F)(F)F)cc2)C1. The third-order valence-corrected chi connectivity index (χ3v) is 3.60. The smallest absolute Gasteiger partial charge is 0.369 e. The molecule has 1 aromatic carbocycles. The van der Waals surface area contributed by atoms with Gasteiger partial charge in [-0.15, -0.1) is 0 Å². The lowest BCUT2D eigenvalue weighted by molar-refractivity contribution is -0.137.